The van der Waals surface area contributed by atoms with E-state index >= 15 is 0 Å². The summed E-state index contributed by atoms with van der Waals surface area (Å²) in [5, 5.41) is 0. The summed E-state index contributed by atoms with van der Waals surface area (Å²) < 4.78 is 37.6. The molecule has 0 spiro atoms. The molecule has 3 rings (SSSR count). The van der Waals surface area contributed by atoms with Crippen LogP contribution in [0, 0.1) is 0 Å². The highest BCUT2D eigenvalue weighted by molar-refractivity contribution is 6.21. The summed E-state index contributed by atoms with van der Waals surface area (Å²) in [6.45, 7) is 0.338. The van der Waals surface area contributed by atoms with E-state index in [-0.39, 0.29) is 43.8 Å². The SMILES string of the molecule is O=C(CCCN1C(=O)c2ccccc2C1=O)N1CCCN(CC(F)(F)F)CC1. The Labute approximate surface area is 160 Å². The van der Waals surface area contributed by atoms with Crippen molar-refractivity contribution in [2.75, 3.05) is 39.3 Å². The number of benzene rings is 1. The molecule has 9 heteroatoms. The molecule has 0 aliphatic carbocycles. The summed E-state index contributed by atoms with van der Waals surface area (Å²) in [4.78, 5) is 41.0. The quantitative estimate of drug-likeness (QED) is 0.715. The Hall–Kier alpha value is -2.42. The standard InChI is InChI=1S/C19H22F3N3O3/c20-19(21,22)13-23-8-4-9-24(12-11-23)16(26)7-3-10-25-17(27)14-5-1-2-6-15(14)18(25)28/h1-2,5-6H,3-4,7-13H2. The van der Waals surface area contributed by atoms with Crippen LogP contribution in [-0.2, 0) is 4.79 Å². The summed E-state index contributed by atoms with van der Waals surface area (Å²) in [7, 11) is 0. The number of carbonyl (C=O) groups excluding carboxylic acids is 3. The summed E-state index contributed by atoms with van der Waals surface area (Å²) in [5.74, 6) is -0.873. The maximum atomic E-state index is 12.5. The van der Waals surface area contributed by atoms with E-state index in [2.05, 4.69) is 0 Å². The van der Waals surface area contributed by atoms with Crippen LogP contribution in [0.15, 0.2) is 24.3 Å². The minimum absolute atomic E-state index is 0.145. The third kappa shape index (κ3) is 4.70. The molecular weight excluding hydrogens is 375 g/mol. The number of fused-ring (bicyclic) bond motifs is 1. The van der Waals surface area contributed by atoms with Crippen molar-refractivity contribution in [3.8, 4) is 0 Å². The number of halogens is 3. The highest BCUT2D eigenvalue weighted by Gasteiger charge is 2.35. The molecule has 0 aromatic heterocycles. The second-order valence-electron chi connectivity index (χ2n) is 7.04. The average Bonchev–Trinajstić information content (AvgIpc) is 2.79. The van der Waals surface area contributed by atoms with Crippen LogP contribution in [0.2, 0.25) is 0 Å². The van der Waals surface area contributed by atoms with Crippen molar-refractivity contribution >= 4 is 17.7 Å². The molecule has 6 nitrogen and oxygen atoms in total. The van der Waals surface area contributed by atoms with E-state index in [1.807, 2.05) is 0 Å². The predicted molar refractivity (Wildman–Crippen MR) is 94.7 cm³/mol. The molecule has 2 aliphatic heterocycles. The summed E-state index contributed by atoms with van der Waals surface area (Å²) in [6.07, 6.45) is -3.29. The minimum Gasteiger partial charge on any atom is -0.341 e. The fraction of sp³-hybridized carbons (Fsp3) is 0.526. The zero-order valence-corrected chi connectivity index (χ0v) is 15.4. The van der Waals surface area contributed by atoms with E-state index in [9.17, 15) is 27.6 Å². The van der Waals surface area contributed by atoms with Crippen molar-refractivity contribution in [1.29, 1.82) is 0 Å². The van der Waals surface area contributed by atoms with E-state index in [4.69, 9.17) is 0 Å². The van der Waals surface area contributed by atoms with Crippen LogP contribution in [0.4, 0.5) is 13.2 Å². The second-order valence-corrected chi connectivity index (χ2v) is 7.04. The summed E-state index contributed by atoms with van der Waals surface area (Å²) in [6, 6.07) is 6.59. The molecule has 0 unspecified atom stereocenters. The van der Waals surface area contributed by atoms with Crippen LogP contribution in [0.3, 0.4) is 0 Å². The Morgan fingerprint density at radius 2 is 1.61 bits per heavy atom. The lowest BCUT2D eigenvalue weighted by atomic mass is 10.1. The maximum Gasteiger partial charge on any atom is 0.401 e. The van der Waals surface area contributed by atoms with Crippen molar-refractivity contribution in [2.45, 2.75) is 25.4 Å². The monoisotopic (exact) mass is 397 g/mol. The van der Waals surface area contributed by atoms with Crippen molar-refractivity contribution in [3.63, 3.8) is 0 Å². The number of hydrogen-bond donors (Lipinski definition) is 0. The first-order valence-corrected chi connectivity index (χ1v) is 9.28. The van der Waals surface area contributed by atoms with Crippen molar-refractivity contribution in [3.05, 3.63) is 35.4 Å². The highest BCUT2D eigenvalue weighted by atomic mass is 19.4. The van der Waals surface area contributed by atoms with Gasteiger partial charge in [0.15, 0.2) is 0 Å². The van der Waals surface area contributed by atoms with Crippen LogP contribution in [0.5, 0.6) is 0 Å². The van der Waals surface area contributed by atoms with Crippen LogP contribution in [0.25, 0.3) is 0 Å². The lowest BCUT2D eigenvalue weighted by molar-refractivity contribution is -0.145. The molecule has 1 saturated heterocycles. The van der Waals surface area contributed by atoms with Crippen molar-refractivity contribution in [2.24, 2.45) is 0 Å². The molecule has 0 radical (unpaired) electrons. The Balaban J connectivity index is 1.46. The molecule has 3 amide bonds. The third-order valence-corrected chi connectivity index (χ3v) is 4.99. The molecule has 0 bridgehead atoms. The van der Waals surface area contributed by atoms with Gasteiger partial charge in [0.25, 0.3) is 11.8 Å². The number of rotatable bonds is 5. The van der Waals surface area contributed by atoms with Gasteiger partial charge in [-0.05, 0) is 25.0 Å². The lowest BCUT2D eigenvalue weighted by Gasteiger charge is -2.23. The highest BCUT2D eigenvalue weighted by Crippen LogP contribution is 2.23. The van der Waals surface area contributed by atoms with Gasteiger partial charge in [0.05, 0.1) is 17.7 Å². The van der Waals surface area contributed by atoms with Crippen LogP contribution in [-0.4, -0.2) is 77.9 Å². The van der Waals surface area contributed by atoms with Gasteiger partial charge < -0.3 is 4.90 Å². The minimum atomic E-state index is -4.24. The molecule has 152 valence electrons. The predicted octanol–water partition coefficient (Wildman–Crippen LogP) is 2.16. The zero-order chi connectivity index (χ0) is 20.3. The summed E-state index contributed by atoms with van der Waals surface area (Å²) >= 11 is 0. The zero-order valence-electron chi connectivity index (χ0n) is 15.4. The van der Waals surface area contributed by atoms with Gasteiger partial charge in [-0.2, -0.15) is 13.2 Å². The van der Waals surface area contributed by atoms with Gasteiger partial charge in [0.2, 0.25) is 5.91 Å². The van der Waals surface area contributed by atoms with E-state index in [1.54, 1.807) is 29.2 Å². The first-order chi connectivity index (χ1) is 13.3. The molecule has 1 fully saturated rings. The molecule has 1 aromatic carbocycles. The van der Waals surface area contributed by atoms with Gasteiger partial charge in [-0.3, -0.25) is 24.2 Å². The van der Waals surface area contributed by atoms with E-state index in [0.29, 0.717) is 37.1 Å². The number of imide groups is 1. The molecular formula is C19H22F3N3O3. The first kappa shape index (κ1) is 20.3. The maximum absolute atomic E-state index is 12.5. The first-order valence-electron chi connectivity index (χ1n) is 9.28. The Kier molecular flexibility index (Phi) is 6.02. The molecule has 0 N–H and O–H groups in total. The number of nitrogens with zero attached hydrogens (tertiary/aromatic N) is 3. The van der Waals surface area contributed by atoms with Gasteiger partial charge in [-0.1, -0.05) is 12.1 Å². The van der Waals surface area contributed by atoms with Gasteiger partial charge in [0.1, 0.15) is 0 Å². The summed E-state index contributed by atoms with van der Waals surface area (Å²) in [5.41, 5.74) is 0.743. The topological polar surface area (TPSA) is 60.9 Å². The number of hydrogen-bond acceptors (Lipinski definition) is 4. The van der Waals surface area contributed by atoms with Crippen LogP contribution < -0.4 is 0 Å². The fourth-order valence-electron chi connectivity index (χ4n) is 3.62. The van der Waals surface area contributed by atoms with Crippen molar-refractivity contribution < 1.29 is 27.6 Å². The smallest absolute Gasteiger partial charge is 0.341 e. The van der Waals surface area contributed by atoms with E-state index < -0.39 is 12.7 Å². The van der Waals surface area contributed by atoms with E-state index in [0.717, 1.165) is 4.90 Å². The number of carbonyl (C=O) groups is 3. The Bertz CT molecular complexity index is 731. The number of alkyl halides is 3. The van der Waals surface area contributed by atoms with Crippen LogP contribution in [0.1, 0.15) is 40.0 Å². The average molecular weight is 397 g/mol. The van der Waals surface area contributed by atoms with E-state index in [1.165, 1.54) is 4.90 Å². The molecule has 2 heterocycles. The number of amides is 3. The van der Waals surface area contributed by atoms with Gasteiger partial charge in [-0.15, -0.1) is 0 Å². The molecule has 0 saturated carbocycles. The Morgan fingerprint density at radius 3 is 2.21 bits per heavy atom. The third-order valence-electron chi connectivity index (χ3n) is 4.99. The molecule has 2 aliphatic rings. The molecule has 1 aromatic rings. The lowest BCUT2D eigenvalue weighted by Crippen LogP contribution is -2.38. The van der Waals surface area contributed by atoms with Gasteiger partial charge in [-0.25, -0.2) is 0 Å². The second kappa shape index (κ2) is 8.30. The largest absolute Gasteiger partial charge is 0.401 e. The van der Waals surface area contributed by atoms with Crippen LogP contribution >= 0.6 is 0 Å². The van der Waals surface area contributed by atoms with Crippen molar-refractivity contribution in [1.82, 2.24) is 14.7 Å². The Morgan fingerprint density at radius 1 is 0.964 bits per heavy atom. The normalized spacial score (nSPS) is 18.4. The van der Waals surface area contributed by atoms with Gasteiger partial charge in [0, 0.05) is 39.1 Å². The molecule has 0 atom stereocenters. The van der Waals surface area contributed by atoms with Gasteiger partial charge >= 0.3 is 6.18 Å². The fourth-order valence-corrected chi connectivity index (χ4v) is 3.62. The molecule has 28 heavy (non-hydrogen) atoms.